The van der Waals surface area contributed by atoms with Gasteiger partial charge in [0.1, 0.15) is 11.2 Å². The Labute approximate surface area is 292 Å². The molecular weight excluding hydrogens is 607 g/mol. The van der Waals surface area contributed by atoms with Crippen molar-refractivity contribution in [2.24, 2.45) is 0 Å². The highest BCUT2D eigenvalue weighted by Crippen LogP contribution is 2.43. The average molecular weight is 644 g/mol. The molecule has 0 radical (unpaired) electrons. The topological polar surface area (TPSA) is 16.4 Å². The zero-order valence-electron chi connectivity index (χ0n) is 28.5. The summed E-state index contributed by atoms with van der Waals surface area (Å²) in [6, 6.07) is 61.3. The molecule has 0 amide bonds. The minimum Gasteiger partial charge on any atom is -0.455 e. The molecule has 0 aliphatic carbocycles. The molecule has 0 saturated heterocycles. The summed E-state index contributed by atoms with van der Waals surface area (Å²) in [7, 11) is 0. The molecular formula is C48H37NO. The van der Waals surface area contributed by atoms with E-state index in [0.29, 0.717) is 0 Å². The van der Waals surface area contributed by atoms with Crippen LogP contribution in [0.15, 0.2) is 174 Å². The van der Waals surface area contributed by atoms with Crippen molar-refractivity contribution in [2.45, 2.75) is 26.2 Å². The van der Waals surface area contributed by atoms with Gasteiger partial charge in [0.2, 0.25) is 0 Å². The molecule has 0 atom stereocenters. The van der Waals surface area contributed by atoms with Crippen LogP contribution in [0.25, 0.3) is 65.7 Å². The maximum absolute atomic E-state index is 6.50. The molecule has 2 heteroatoms. The van der Waals surface area contributed by atoms with Gasteiger partial charge in [-0.15, -0.1) is 0 Å². The van der Waals surface area contributed by atoms with Crippen molar-refractivity contribution in [1.29, 1.82) is 0 Å². The third-order valence-electron chi connectivity index (χ3n) is 10.0. The van der Waals surface area contributed by atoms with E-state index >= 15 is 0 Å². The Morgan fingerprint density at radius 2 is 1.00 bits per heavy atom. The summed E-state index contributed by atoms with van der Waals surface area (Å²) in [5.41, 5.74) is 11.4. The van der Waals surface area contributed by atoms with Gasteiger partial charge < -0.3 is 9.32 Å². The molecule has 240 valence electrons. The second kappa shape index (κ2) is 11.8. The Morgan fingerprint density at radius 1 is 0.440 bits per heavy atom. The van der Waals surface area contributed by atoms with Gasteiger partial charge in [0.25, 0.3) is 0 Å². The highest BCUT2D eigenvalue weighted by Gasteiger charge is 2.18. The Hall–Kier alpha value is -6.12. The quantitative estimate of drug-likeness (QED) is 0.186. The standard InChI is InChI=1S/C48H37NO/c1-48(2,3)37-25-18-32(19-26-37)33-20-27-38(28-21-33)49(44-16-8-12-34-10-4-6-13-40(34)44)39-29-22-36(23-30-39)41-15-9-17-45-46(41)43-31-24-35-11-5-7-14-42(35)47(43)50-45/h4-31H,1-3H3. The number of benzene rings is 8. The maximum Gasteiger partial charge on any atom is 0.143 e. The van der Waals surface area contributed by atoms with Crippen LogP contribution in [0.1, 0.15) is 26.3 Å². The van der Waals surface area contributed by atoms with E-state index in [1.807, 2.05) is 0 Å². The van der Waals surface area contributed by atoms with E-state index in [9.17, 15) is 0 Å². The van der Waals surface area contributed by atoms with Gasteiger partial charge in [0, 0.05) is 32.9 Å². The Bertz CT molecular complexity index is 2650. The molecule has 0 unspecified atom stereocenters. The van der Waals surface area contributed by atoms with Gasteiger partial charge in [-0.05, 0) is 86.5 Å². The van der Waals surface area contributed by atoms with Crippen LogP contribution in [0.3, 0.4) is 0 Å². The molecule has 0 bridgehead atoms. The lowest BCUT2D eigenvalue weighted by molar-refractivity contribution is 0.590. The number of anilines is 3. The fourth-order valence-electron chi connectivity index (χ4n) is 7.38. The molecule has 0 N–H and O–H groups in total. The van der Waals surface area contributed by atoms with Crippen molar-refractivity contribution in [3.63, 3.8) is 0 Å². The van der Waals surface area contributed by atoms with Gasteiger partial charge in [-0.3, -0.25) is 0 Å². The van der Waals surface area contributed by atoms with E-state index in [1.54, 1.807) is 0 Å². The number of nitrogens with zero attached hydrogens (tertiary/aromatic N) is 1. The Balaban J connectivity index is 1.14. The summed E-state index contributed by atoms with van der Waals surface area (Å²) in [5, 5.41) is 7.05. The SMILES string of the molecule is CC(C)(C)c1ccc(-c2ccc(N(c3ccc(-c4cccc5oc6c7ccccc7ccc6c45)cc3)c3cccc4ccccc34)cc2)cc1. The van der Waals surface area contributed by atoms with Gasteiger partial charge in [-0.25, -0.2) is 0 Å². The molecule has 0 aliphatic heterocycles. The van der Waals surface area contributed by atoms with Crippen LogP contribution >= 0.6 is 0 Å². The molecule has 9 aromatic rings. The minimum atomic E-state index is 0.130. The third kappa shape index (κ3) is 5.12. The highest BCUT2D eigenvalue weighted by molar-refractivity contribution is 6.19. The summed E-state index contributed by atoms with van der Waals surface area (Å²) in [5.74, 6) is 0. The second-order valence-corrected chi connectivity index (χ2v) is 14.2. The Morgan fingerprint density at radius 3 is 1.68 bits per heavy atom. The van der Waals surface area contributed by atoms with Crippen LogP contribution < -0.4 is 4.90 Å². The van der Waals surface area contributed by atoms with Crippen LogP contribution in [-0.2, 0) is 5.41 Å². The van der Waals surface area contributed by atoms with Gasteiger partial charge >= 0.3 is 0 Å². The monoisotopic (exact) mass is 643 g/mol. The first-order chi connectivity index (χ1) is 24.4. The van der Waals surface area contributed by atoms with Crippen LogP contribution in [0.2, 0.25) is 0 Å². The first-order valence-electron chi connectivity index (χ1n) is 17.3. The lowest BCUT2D eigenvalue weighted by Crippen LogP contribution is -2.10. The van der Waals surface area contributed by atoms with E-state index < -0.39 is 0 Å². The third-order valence-corrected chi connectivity index (χ3v) is 10.0. The van der Waals surface area contributed by atoms with Crippen LogP contribution in [0.4, 0.5) is 17.1 Å². The fourth-order valence-corrected chi connectivity index (χ4v) is 7.38. The molecule has 9 rings (SSSR count). The van der Waals surface area contributed by atoms with Gasteiger partial charge in [-0.1, -0.05) is 148 Å². The van der Waals surface area contributed by atoms with Crippen molar-refractivity contribution < 1.29 is 4.42 Å². The van der Waals surface area contributed by atoms with E-state index in [-0.39, 0.29) is 5.41 Å². The van der Waals surface area contributed by atoms with Crippen molar-refractivity contribution in [3.05, 3.63) is 175 Å². The highest BCUT2D eigenvalue weighted by atomic mass is 16.3. The smallest absolute Gasteiger partial charge is 0.143 e. The first kappa shape index (κ1) is 30.0. The largest absolute Gasteiger partial charge is 0.455 e. The zero-order chi connectivity index (χ0) is 33.8. The number of fused-ring (bicyclic) bond motifs is 6. The molecule has 0 aliphatic rings. The van der Waals surface area contributed by atoms with Crippen LogP contribution in [0, 0.1) is 0 Å². The summed E-state index contributed by atoms with van der Waals surface area (Å²) < 4.78 is 6.50. The molecule has 1 heterocycles. The van der Waals surface area contributed by atoms with Crippen LogP contribution in [-0.4, -0.2) is 0 Å². The van der Waals surface area contributed by atoms with E-state index in [2.05, 4.69) is 196 Å². The number of hydrogen-bond donors (Lipinski definition) is 0. The predicted molar refractivity (Wildman–Crippen MR) is 213 cm³/mol. The average Bonchev–Trinajstić information content (AvgIpc) is 3.55. The molecule has 8 aromatic carbocycles. The molecule has 2 nitrogen and oxygen atoms in total. The van der Waals surface area contributed by atoms with E-state index in [0.717, 1.165) is 50.0 Å². The van der Waals surface area contributed by atoms with Gasteiger partial charge in [0.05, 0.1) is 5.69 Å². The first-order valence-corrected chi connectivity index (χ1v) is 17.3. The molecule has 1 aromatic heterocycles. The van der Waals surface area contributed by atoms with Crippen molar-refractivity contribution >= 4 is 60.5 Å². The summed E-state index contributed by atoms with van der Waals surface area (Å²) in [6.45, 7) is 6.77. The van der Waals surface area contributed by atoms with Crippen LogP contribution in [0.5, 0.6) is 0 Å². The van der Waals surface area contributed by atoms with E-state index in [4.69, 9.17) is 4.42 Å². The molecule has 0 fully saturated rings. The van der Waals surface area contributed by atoms with Gasteiger partial charge in [0.15, 0.2) is 0 Å². The normalized spacial score (nSPS) is 11.9. The minimum absolute atomic E-state index is 0.130. The molecule has 0 saturated carbocycles. The lowest BCUT2D eigenvalue weighted by atomic mass is 9.86. The second-order valence-electron chi connectivity index (χ2n) is 14.2. The maximum atomic E-state index is 6.50. The molecule has 50 heavy (non-hydrogen) atoms. The predicted octanol–water partition coefficient (Wildman–Crippen LogP) is 14.0. The number of hydrogen-bond acceptors (Lipinski definition) is 2. The van der Waals surface area contributed by atoms with Gasteiger partial charge in [-0.2, -0.15) is 0 Å². The van der Waals surface area contributed by atoms with Crippen molar-refractivity contribution in [2.75, 3.05) is 4.90 Å². The lowest BCUT2D eigenvalue weighted by Gasteiger charge is -2.27. The molecule has 0 spiro atoms. The van der Waals surface area contributed by atoms with E-state index in [1.165, 1.54) is 38.4 Å². The zero-order valence-corrected chi connectivity index (χ0v) is 28.5. The Kier molecular flexibility index (Phi) is 7.07. The van der Waals surface area contributed by atoms with Crippen molar-refractivity contribution in [3.8, 4) is 22.3 Å². The fraction of sp³-hybridized carbons (Fsp3) is 0.0833. The summed E-state index contributed by atoms with van der Waals surface area (Å²) in [4.78, 5) is 2.37. The summed E-state index contributed by atoms with van der Waals surface area (Å²) >= 11 is 0. The van der Waals surface area contributed by atoms with Crippen molar-refractivity contribution in [1.82, 2.24) is 0 Å². The summed E-state index contributed by atoms with van der Waals surface area (Å²) in [6.07, 6.45) is 0. The number of furan rings is 1. The number of rotatable bonds is 5.